The second-order valence-corrected chi connectivity index (χ2v) is 9.50. The van der Waals surface area contributed by atoms with Gasteiger partial charge in [-0.05, 0) is 24.3 Å². The molecule has 0 saturated carbocycles. The molecule has 1 aliphatic rings. The molecule has 0 spiro atoms. The van der Waals surface area contributed by atoms with Crippen molar-refractivity contribution in [3.05, 3.63) is 134 Å². The lowest BCUT2D eigenvalue weighted by atomic mass is 10.0. The Balaban J connectivity index is 1.55. The summed E-state index contributed by atoms with van der Waals surface area (Å²) < 4.78 is 2.40. The molecule has 7 aromatic rings. The molecule has 3 heterocycles. The number of rotatable bonds is 3. The Labute approximate surface area is 220 Å². The smallest absolute Gasteiger partial charge is 0.116 e. The van der Waals surface area contributed by atoms with Gasteiger partial charge in [-0.3, -0.25) is 0 Å². The van der Waals surface area contributed by atoms with E-state index in [1.807, 2.05) is 12.1 Å². The largest absolute Gasteiger partial charge is 0.305 e. The molecule has 0 aliphatic carbocycles. The van der Waals surface area contributed by atoms with Gasteiger partial charge >= 0.3 is 0 Å². The van der Waals surface area contributed by atoms with Crippen LogP contribution in [0.1, 0.15) is 0 Å². The fourth-order valence-electron chi connectivity index (χ4n) is 5.85. The summed E-state index contributed by atoms with van der Waals surface area (Å²) >= 11 is 0. The van der Waals surface area contributed by atoms with Crippen molar-refractivity contribution in [3.8, 4) is 28.2 Å². The van der Waals surface area contributed by atoms with Crippen molar-refractivity contribution < 1.29 is 0 Å². The van der Waals surface area contributed by atoms with Gasteiger partial charge in [0.1, 0.15) is 6.33 Å². The number of benzene rings is 5. The van der Waals surface area contributed by atoms with Crippen LogP contribution in [0, 0.1) is 0 Å². The summed E-state index contributed by atoms with van der Waals surface area (Å²) in [6, 6.07) is 44.7. The van der Waals surface area contributed by atoms with E-state index in [9.17, 15) is 0 Å². The molecule has 0 amide bonds. The number of aromatic nitrogens is 3. The third-order valence-corrected chi connectivity index (χ3v) is 7.42. The average molecular weight is 487 g/mol. The zero-order valence-electron chi connectivity index (χ0n) is 20.5. The van der Waals surface area contributed by atoms with Gasteiger partial charge in [-0.25, -0.2) is 9.97 Å². The van der Waals surface area contributed by atoms with Crippen LogP contribution in [0.25, 0.3) is 50.0 Å². The highest BCUT2D eigenvalue weighted by Gasteiger charge is 2.32. The van der Waals surface area contributed by atoms with Crippen LogP contribution in [0.2, 0.25) is 0 Å². The highest BCUT2D eigenvalue weighted by molar-refractivity contribution is 6.17. The monoisotopic (exact) mass is 486 g/mol. The Morgan fingerprint density at radius 2 is 1.00 bits per heavy atom. The van der Waals surface area contributed by atoms with E-state index in [4.69, 9.17) is 9.97 Å². The van der Waals surface area contributed by atoms with Gasteiger partial charge in [0.25, 0.3) is 0 Å². The molecule has 2 aromatic heterocycles. The van der Waals surface area contributed by atoms with Crippen molar-refractivity contribution in [2.75, 3.05) is 4.90 Å². The molecule has 0 bridgehead atoms. The van der Waals surface area contributed by atoms with Crippen LogP contribution in [-0.4, -0.2) is 14.5 Å². The molecular weight excluding hydrogens is 464 g/mol. The van der Waals surface area contributed by atoms with Crippen molar-refractivity contribution in [1.29, 1.82) is 0 Å². The number of anilines is 3. The zero-order valence-corrected chi connectivity index (χ0v) is 20.5. The van der Waals surface area contributed by atoms with Crippen LogP contribution in [0.15, 0.2) is 134 Å². The molecule has 0 atom stereocenters. The summed E-state index contributed by atoms with van der Waals surface area (Å²) in [6.07, 6.45) is 1.68. The Hall–Kier alpha value is -5.22. The van der Waals surface area contributed by atoms with Gasteiger partial charge in [-0.15, -0.1) is 0 Å². The first-order valence-electron chi connectivity index (χ1n) is 12.8. The molecule has 38 heavy (non-hydrogen) atoms. The van der Waals surface area contributed by atoms with Crippen LogP contribution in [0.3, 0.4) is 0 Å². The molecule has 0 N–H and O–H groups in total. The van der Waals surface area contributed by atoms with E-state index >= 15 is 0 Å². The molecule has 1 aliphatic heterocycles. The number of para-hydroxylation sites is 4. The zero-order chi connectivity index (χ0) is 25.1. The number of nitrogens with zero attached hydrogens (tertiary/aromatic N) is 4. The maximum absolute atomic E-state index is 4.89. The predicted molar refractivity (Wildman–Crippen MR) is 155 cm³/mol. The summed E-state index contributed by atoms with van der Waals surface area (Å²) in [5, 5.41) is 2.48. The van der Waals surface area contributed by atoms with Gasteiger partial charge in [0.2, 0.25) is 0 Å². The lowest BCUT2D eigenvalue weighted by Gasteiger charge is -2.34. The molecule has 8 rings (SSSR count). The van der Waals surface area contributed by atoms with Crippen LogP contribution >= 0.6 is 0 Å². The minimum absolute atomic E-state index is 0.899. The van der Waals surface area contributed by atoms with E-state index in [0.29, 0.717) is 0 Å². The van der Waals surface area contributed by atoms with Crippen molar-refractivity contribution in [3.63, 3.8) is 0 Å². The standard InChI is InChI=1S/C34H22N4/c1-3-12-23(13-4-1)31-34(32(36-22-35-31)24-14-5-2-6-15-24)38-29-20-10-9-19-28(29)37-27-18-8-7-16-25(27)26-17-11-21-30(38)33(26)37/h1-22H. The van der Waals surface area contributed by atoms with Crippen molar-refractivity contribution in [1.82, 2.24) is 14.5 Å². The van der Waals surface area contributed by atoms with E-state index in [2.05, 4.69) is 125 Å². The van der Waals surface area contributed by atoms with Gasteiger partial charge in [0, 0.05) is 21.9 Å². The molecule has 4 heteroatoms. The van der Waals surface area contributed by atoms with Gasteiger partial charge in [0.15, 0.2) is 0 Å². The quantitative estimate of drug-likeness (QED) is 0.250. The third kappa shape index (κ3) is 2.91. The minimum Gasteiger partial charge on any atom is -0.305 e. The van der Waals surface area contributed by atoms with Crippen LogP contribution in [0.4, 0.5) is 17.1 Å². The summed E-state index contributed by atoms with van der Waals surface area (Å²) in [5.74, 6) is 0. The van der Waals surface area contributed by atoms with Crippen LogP contribution in [-0.2, 0) is 0 Å². The fraction of sp³-hybridized carbons (Fsp3) is 0. The maximum atomic E-state index is 4.89. The molecule has 5 aromatic carbocycles. The molecule has 0 unspecified atom stereocenters. The topological polar surface area (TPSA) is 34.0 Å². The third-order valence-electron chi connectivity index (χ3n) is 7.42. The van der Waals surface area contributed by atoms with Gasteiger partial charge < -0.3 is 9.47 Å². The summed E-state index contributed by atoms with van der Waals surface area (Å²) in [7, 11) is 0. The minimum atomic E-state index is 0.899. The Morgan fingerprint density at radius 1 is 0.447 bits per heavy atom. The van der Waals surface area contributed by atoms with Gasteiger partial charge in [-0.1, -0.05) is 103 Å². The summed E-state index contributed by atoms with van der Waals surface area (Å²) in [6.45, 7) is 0. The Morgan fingerprint density at radius 3 is 1.71 bits per heavy atom. The average Bonchev–Trinajstić information content (AvgIpc) is 3.34. The molecule has 0 saturated heterocycles. The second-order valence-electron chi connectivity index (χ2n) is 9.50. The lowest BCUT2D eigenvalue weighted by molar-refractivity contribution is 1.09. The predicted octanol–water partition coefficient (Wildman–Crippen LogP) is 8.69. The van der Waals surface area contributed by atoms with Crippen molar-refractivity contribution in [2.24, 2.45) is 0 Å². The van der Waals surface area contributed by atoms with Crippen LogP contribution in [0.5, 0.6) is 0 Å². The summed E-state index contributed by atoms with van der Waals surface area (Å²) in [5.41, 5.74) is 10.6. The van der Waals surface area contributed by atoms with Crippen molar-refractivity contribution in [2.45, 2.75) is 0 Å². The SMILES string of the molecule is c1ccc(-c2ncnc(-c3ccccc3)c2N2c3ccccc3-n3c4ccccc4c4cccc2c43)cc1. The lowest BCUT2D eigenvalue weighted by Crippen LogP contribution is -2.20. The second kappa shape index (κ2) is 8.15. The van der Waals surface area contributed by atoms with E-state index in [0.717, 1.165) is 45.3 Å². The van der Waals surface area contributed by atoms with E-state index in [-0.39, 0.29) is 0 Å². The molecular formula is C34H22N4. The highest BCUT2D eigenvalue weighted by atomic mass is 15.2. The van der Waals surface area contributed by atoms with E-state index in [1.54, 1.807) is 6.33 Å². The van der Waals surface area contributed by atoms with Crippen molar-refractivity contribution >= 4 is 38.9 Å². The van der Waals surface area contributed by atoms with E-state index in [1.165, 1.54) is 21.8 Å². The molecule has 4 nitrogen and oxygen atoms in total. The number of hydrogen-bond acceptors (Lipinski definition) is 3. The molecule has 178 valence electrons. The fourth-order valence-corrected chi connectivity index (χ4v) is 5.85. The highest BCUT2D eigenvalue weighted by Crippen LogP contribution is 2.52. The first-order chi connectivity index (χ1) is 18.9. The molecule has 0 fully saturated rings. The first-order valence-corrected chi connectivity index (χ1v) is 12.8. The van der Waals surface area contributed by atoms with Gasteiger partial charge in [-0.2, -0.15) is 0 Å². The summed E-state index contributed by atoms with van der Waals surface area (Å²) in [4.78, 5) is 12.1. The number of fused-ring (bicyclic) bond motifs is 5. The van der Waals surface area contributed by atoms with Gasteiger partial charge in [0.05, 0.1) is 45.2 Å². The Bertz CT molecular complexity index is 1920. The maximum Gasteiger partial charge on any atom is 0.116 e. The van der Waals surface area contributed by atoms with E-state index < -0.39 is 0 Å². The van der Waals surface area contributed by atoms with Crippen LogP contribution < -0.4 is 4.90 Å². The number of hydrogen-bond donors (Lipinski definition) is 0. The normalized spacial score (nSPS) is 12.2. The first kappa shape index (κ1) is 20.9. The Kier molecular flexibility index (Phi) is 4.49. The molecule has 0 radical (unpaired) electrons.